The molecule has 28 heavy (non-hydrogen) atoms. The summed E-state index contributed by atoms with van der Waals surface area (Å²) in [5, 5.41) is 5.10. The predicted molar refractivity (Wildman–Crippen MR) is 107 cm³/mol. The van der Waals surface area contributed by atoms with Crippen LogP contribution in [0.25, 0.3) is 10.6 Å². The number of amides is 1. The molecule has 3 aromatic rings. The average molecular weight is 396 g/mol. The van der Waals surface area contributed by atoms with Gasteiger partial charge < -0.3 is 14.8 Å². The molecule has 1 N–H and O–H groups in total. The van der Waals surface area contributed by atoms with Gasteiger partial charge in [-0.05, 0) is 13.0 Å². The van der Waals surface area contributed by atoms with Gasteiger partial charge in [0.1, 0.15) is 10.8 Å². The van der Waals surface area contributed by atoms with E-state index in [0.29, 0.717) is 5.75 Å². The van der Waals surface area contributed by atoms with E-state index < -0.39 is 18.0 Å². The number of hydrogen-bond acceptors (Lipinski definition) is 6. The summed E-state index contributed by atoms with van der Waals surface area (Å²) in [4.78, 5) is 28.9. The number of nitrogens with one attached hydrogen (secondary N) is 1. The van der Waals surface area contributed by atoms with E-state index in [4.69, 9.17) is 9.47 Å². The molecule has 0 spiro atoms. The molecule has 0 saturated heterocycles. The highest BCUT2D eigenvalue weighted by Gasteiger charge is 2.21. The van der Waals surface area contributed by atoms with Crippen molar-refractivity contribution in [3.05, 3.63) is 71.2 Å². The number of methoxy groups -OCH3 is 1. The first-order valence-corrected chi connectivity index (χ1v) is 9.58. The Hall–Kier alpha value is -3.19. The zero-order valence-electron chi connectivity index (χ0n) is 15.5. The fourth-order valence-corrected chi connectivity index (χ4v) is 3.33. The van der Waals surface area contributed by atoms with Gasteiger partial charge in [0, 0.05) is 23.1 Å². The van der Waals surface area contributed by atoms with Gasteiger partial charge in [0.05, 0.1) is 7.11 Å². The molecule has 2 aromatic carbocycles. The maximum atomic E-state index is 12.3. The Morgan fingerprint density at radius 1 is 1.11 bits per heavy atom. The number of benzene rings is 2. The average Bonchev–Trinajstić information content (AvgIpc) is 3.23. The fraction of sp³-hybridized carbons (Fsp3) is 0.190. The number of hydrogen-bond donors (Lipinski definition) is 1. The standard InChI is InChI=1S/C21H20N2O4S/c1-14(19(24)22-12-16-10-6-7-11-18(16)26-2)27-21(25)17-13-28-20(23-17)15-8-4-3-5-9-15/h3-11,13-14H,12H2,1-2H3,(H,22,24)/t14-/m0/s1. The van der Waals surface area contributed by atoms with Crippen molar-refractivity contribution in [2.75, 3.05) is 7.11 Å². The van der Waals surface area contributed by atoms with E-state index in [1.807, 2.05) is 54.6 Å². The number of rotatable bonds is 7. The number of carbonyl (C=O) groups excluding carboxylic acids is 2. The quantitative estimate of drug-likeness (QED) is 0.617. The van der Waals surface area contributed by atoms with Crippen molar-refractivity contribution in [3.63, 3.8) is 0 Å². The van der Waals surface area contributed by atoms with Gasteiger partial charge in [0.2, 0.25) is 0 Å². The van der Waals surface area contributed by atoms with Gasteiger partial charge >= 0.3 is 5.97 Å². The van der Waals surface area contributed by atoms with E-state index in [1.165, 1.54) is 18.3 Å². The van der Waals surface area contributed by atoms with Gasteiger partial charge in [0.25, 0.3) is 5.91 Å². The molecule has 0 fully saturated rings. The third kappa shape index (κ3) is 4.75. The number of nitrogens with zero attached hydrogens (tertiary/aromatic N) is 1. The molecule has 1 aromatic heterocycles. The lowest BCUT2D eigenvalue weighted by molar-refractivity contribution is -0.129. The topological polar surface area (TPSA) is 77.5 Å². The Kier molecular flexibility index (Phi) is 6.39. The van der Waals surface area contributed by atoms with Gasteiger partial charge in [-0.1, -0.05) is 48.5 Å². The van der Waals surface area contributed by atoms with Gasteiger partial charge in [-0.15, -0.1) is 11.3 Å². The van der Waals surface area contributed by atoms with E-state index in [-0.39, 0.29) is 12.2 Å². The van der Waals surface area contributed by atoms with Crippen LogP contribution in [0.2, 0.25) is 0 Å². The van der Waals surface area contributed by atoms with Crippen molar-refractivity contribution in [2.24, 2.45) is 0 Å². The second-order valence-electron chi connectivity index (χ2n) is 5.98. The number of thiazole rings is 1. The molecule has 1 amide bonds. The minimum atomic E-state index is -0.941. The van der Waals surface area contributed by atoms with Crippen LogP contribution in [0.15, 0.2) is 60.0 Å². The highest BCUT2D eigenvalue weighted by atomic mass is 32.1. The van der Waals surface area contributed by atoms with Crippen molar-refractivity contribution >= 4 is 23.2 Å². The van der Waals surface area contributed by atoms with Crippen LogP contribution in [0.3, 0.4) is 0 Å². The van der Waals surface area contributed by atoms with Crippen LogP contribution in [0.4, 0.5) is 0 Å². The Labute approximate surface area is 167 Å². The second kappa shape index (κ2) is 9.14. The molecule has 7 heteroatoms. The van der Waals surface area contributed by atoms with Crippen molar-refractivity contribution in [1.82, 2.24) is 10.3 Å². The van der Waals surface area contributed by atoms with E-state index in [1.54, 1.807) is 12.5 Å². The summed E-state index contributed by atoms with van der Waals surface area (Å²) in [6, 6.07) is 17.0. The molecule has 0 radical (unpaired) electrons. The number of aromatic nitrogens is 1. The summed E-state index contributed by atoms with van der Waals surface area (Å²) in [7, 11) is 1.57. The molecule has 144 valence electrons. The zero-order valence-corrected chi connectivity index (χ0v) is 16.4. The number of para-hydroxylation sites is 1. The van der Waals surface area contributed by atoms with E-state index in [0.717, 1.165) is 16.1 Å². The fourth-order valence-electron chi connectivity index (χ4n) is 2.53. The molecular weight excluding hydrogens is 376 g/mol. The zero-order chi connectivity index (χ0) is 19.9. The summed E-state index contributed by atoms with van der Waals surface area (Å²) >= 11 is 1.35. The highest BCUT2D eigenvalue weighted by molar-refractivity contribution is 7.13. The van der Waals surface area contributed by atoms with Crippen LogP contribution in [-0.2, 0) is 16.1 Å². The summed E-state index contributed by atoms with van der Waals surface area (Å²) < 4.78 is 10.5. The summed E-state index contributed by atoms with van der Waals surface area (Å²) in [6.45, 7) is 1.81. The maximum Gasteiger partial charge on any atom is 0.358 e. The van der Waals surface area contributed by atoms with Crippen LogP contribution in [-0.4, -0.2) is 30.1 Å². The van der Waals surface area contributed by atoms with Crippen LogP contribution >= 0.6 is 11.3 Å². The van der Waals surface area contributed by atoms with Crippen molar-refractivity contribution in [3.8, 4) is 16.3 Å². The van der Waals surface area contributed by atoms with Crippen LogP contribution in [0.5, 0.6) is 5.75 Å². The summed E-state index contributed by atoms with van der Waals surface area (Å²) in [5.74, 6) is -0.334. The number of carbonyl (C=O) groups is 2. The van der Waals surface area contributed by atoms with Gasteiger partial charge in [-0.25, -0.2) is 9.78 Å². The van der Waals surface area contributed by atoms with E-state index in [2.05, 4.69) is 10.3 Å². The minimum absolute atomic E-state index is 0.188. The van der Waals surface area contributed by atoms with Crippen molar-refractivity contribution in [1.29, 1.82) is 0 Å². The van der Waals surface area contributed by atoms with Crippen molar-refractivity contribution < 1.29 is 19.1 Å². The van der Waals surface area contributed by atoms with Gasteiger partial charge in [-0.3, -0.25) is 4.79 Å². The van der Waals surface area contributed by atoms with Crippen LogP contribution < -0.4 is 10.1 Å². The molecule has 0 bridgehead atoms. The Morgan fingerprint density at radius 2 is 1.82 bits per heavy atom. The number of ether oxygens (including phenoxy) is 2. The second-order valence-corrected chi connectivity index (χ2v) is 6.84. The Bertz CT molecular complexity index is 956. The highest BCUT2D eigenvalue weighted by Crippen LogP contribution is 2.23. The predicted octanol–water partition coefficient (Wildman–Crippen LogP) is 3.68. The molecule has 0 saturated carbocycles. The summed E-state index contributed by atoms with van der Waals surface area (Å²) in [5.41, 5.74) is 1.95. The van der Waals surface area contributed by atoms with E-state index in [9.17, 15) is 9.59 Å². The summed E-state index contributed by atoms with van der Waals surface area (Å²) in [6.07, 6.45) is -0.941. The lowest BCUT2D eigenvalue weighted by Crippen LogP contribution is -2.35. The molecule has 1 heterocycles. The first-order valence-electron chi connectivity index (χ1n) is 8.70. The third-order valence-electron chi connectivity index (χ3n) is 4.03. The smallest absolute Gasteiger partial charge is 0.358 e. The van der Waals surface area contributed by atoms with Gasteiger partial charge in [-0.2, -0.15) is 0 Å². The molecular formula is C21H20N2O4S. The van der Waals surface area contributed by atoms with E-state index >= 15 is 0 Å². The molecule has 0 unspecified atom stereocenters. The SMILES string of the molecule is COc1ccccc1CNC(=O)[C@H](C)OC(=O)c1csc(-c2ccccc2)n1. The minimum Gasteiger partial charge on any atom is -0.496 e. The third-order valence-corrected chi connectivity index (χ3v) is 4.92. The monoisotopic (exact) mass is 396 g/mol. The molecule has 0 aliphatic rings. The van der Waals surface area contributed by atoms with Crippen LogP contribution in [0.1, 0.15) is 23.0 Å². The Morgan fingerprint density at radius 3 is 2.57 bits per heavy atom. The lowest BCUT2D eigenvalue weighted by atomic mass is 10.2. The molecule has 3 rings (SSSR count). The maximum absolute atomic E-state index is 12.3. The Balaban J connectivity index is 1.56. The molecule has 0 aliphatic carbocycles. The van der Waals surface area contributed by atoms with Gasteiger partial charge in [0.15, 0.2) is 11.8 Å². The number of esters is 1. The normalized spacial score (nSPS) is 11.5. The van der Waals surface area contributed by atoms with Crippen molar-refractivity contribution in [2.45, 2.75) is 19.6 Å². The molecule has 0 aliphatic heterocycles. The molecule has 1 atom stereocenters. The first-order chi connectivity index (χ1) is 13.6. The first kappa shape index (κ1) is 19.6. The largest absolute Gasteiger partial charge is 0.496 e. The van der Waals surface area contributed by atoms with Crippen LogP contribution in [0, 0.1) is 0 Å². The lowest BCUT2D eigenvalue weighted by Gasteiger charge is -2.14. The molecule has 6 nitrogen and oxygen atoms in total.